The van der Waals surface area contributed by atoms with E-state index in [1.54, 1.807) is 16.4 Å². The molecule has 3 heterocycles. The van der Waals surface area contributed by atoms with Crippen molar-refractivity contribution in [2.75, 3.05) is 31.1 Å². The molecule has 0 aliphatic carbocycles. The molecule has 2 aromatic rings. The van der Waals surface area contributed by atoms with Crippen molar-refractivity contribution in [3.8, 4) is 0 Å². The summed E-state index contributed by atoms with van der Waals surface area (Å²) >= 11 is 3.50. The van der Waals surface area contributed by atoms with E-state index in [1.807, 2.05) is 26.0 Å². The first-order chi connectivity index (χ1) is 22.0. The zero-order valence-corrected chi connectivity index (χ0v) is 31.5. The molecule has 2 aliphatic rings. The molecule has 0 bridgehead atoms. The summed E-state index contributed by atoms with van der Waals surface area (Å²) in [5, 5.41) is 9.46. The van der Waals surface area contributed by atoms with Crippen LogP contribution in [0.5, 0.6) is 0 Å². The number of rotatable bonds is 13. The molecule has 2 fully saturated rings. The Kier molecular flexibility index (Phi) is 12.6. The Hall–Kier alpha value is -2.06. The molecule has 1 atom stereocenters. The number of hydrogen-bond donors (Lipinski definition) is 2. The summed E-state index contributed by atoms with van der Waals surface area (Å²) in [7, 11) is -7.53. The number of nitrogens with one attached hydrogen (secondary N) is 1. The van der Waals surface area contributed by atoms with E-state index in [0.29, 0.717) is 40.1 Å². The highest BCUT2D eigenvalue weighted by Gasteiger charge is 2.31. The van der Waals surface area contributed by atoms with Gasteiger partial charge in [-0.3, -0.25) is 4.79 Å². The van der Waals surface area contributed by atoms with Gasteiger partial charge in [0.1, 0.15) is 16.8 Å². The van der Waals surface area contributed by atoms with Gasteiger partial charge in [0.25, 0.3) is 0 Å². The smallest absolute Gasteiger partial charge is 0.321 e. The third-order valence-electron chi connectivity index (χ3n) is 9.48. The van der Waals surface area contributed by atoms with E-state index in [1.165, 1.54) is 12.3 Å². The molecule has 4 rings (SSSR count). The number of carbonyl (C=O) groups is 1. The first-order valence-electron chi connectivity index (χ1n) is 16.7. The maximum Gasteiger partial charge on any atom is 0.321 e. The number of piperidine rings is 2. The molecule has 10 nitrogen and oxygen atoms in total. The van der Waals surface area contributed by atoms with Crippen molar-refractivity contribution in [3.63, 3.8) is 0 Å². The normalized spacial score (nSPS) is 18.5. The number of nitrogens with zero attached hydrogens (tertiary/aromatic N) is 3. The largest absolute Gasteiger partial charge is 0.480 e. The van der Waals surface area contributed by atoms with Gasteiger partial charge >= 0.3 is 5.97 Å². The number of halogens is 1. The van der Waals surface area contributed by atoms with E-state index in [9.17, 15) is 26.7 Å². The number of hydrogen-bond acceptors (Lipinski definition) is 7. The van der Waals surface area contributed by atoms with E-state index < -0.39 is 32.1 Å². The van der Waals surface area contributed by atoms with Crippen LogP contribution in [0.15, 0.2) is 50.8 Å². The second-order valence-corrected chi connectivity index (χ2v) is 19.1. The van der Waals surface area contributed by atoms with Crippen molar-refractivity contribution < 1.29 is 26.7 Å². The molecule has 2 saturated heterocycles. The molecule has 0 saturated carbocycles. The molecule has 1 aromatic carbocycles. The highest BCUT2D eigenvalue weighted by molar-refractivity contribution is 9.10. The molecule has 1 unspecified atom stereocenters. The van der Waals surface area contributed by atoms with Crippen molar-refractivity contribution >= 4 is 47.8 Å². The highest BCUT2D eigenvalue weighted by Crippen LogP contribution is 2.33. The van der Waals surface area contributed by atoms with Crippen molar-refractivity contribution in [1.29, 1.82) is 0 Å². The second kappa shape index (κ2) is 15.7. The number of pyridine rings is 1. The van der Waals surface area contributed by atoms with Gasteiger partial charge in [-0.05, 0) is 95.0 Å². The lowest BCUT2D eigenvalue weighted by Crippen LogP contribution is -2.41. The van der Waals surface area contributed by atoms with Crippen LogP contribution in [0.25, 0.3) is 0 Å². The number of carboxylic acid groups (broad SMARTS) is 1. The van der Waals surface area contributed by atoms with Crippen LogP contribution in [0.3, 0.4) is 0 Å². The molecule has 47 heavy (non-hydrogen) atoms. The molecule has 2 N–H and O–H groups in total. The van der Waals surface area contributed by atoms with Gasteiger partial charge in [0.05, 0.1) is 9.37 Å². The maximum atomic E-state index is 13.2. The van der Waals surface area contributed by atoms with Crippen molar-refractivity contribution in [2.24, 2.45) is 17.8 Å². The number of aliphatic carboxylic acids is 1. The minimum Gasteiger partial charge on any atom is -0.480 e. The number of sulfonamides is 2. The third kappa shape index (κ3) is 9.99. The highest BCUT2D eigenvalue weighted by atomic mass is 79.9. The second-order valence-electron chi connectivity index (χ2n) is 14.6. The fourth-order valence-electron chi connectivity index (χ4n) is 6.56. The molecule has 2 aliphatic heterocycles. The lowest BCUT2D eigenvalue weighted by molar-refractivity contribution is -0.139. The van der Waals surface area contributed by atoms with Crippen LogP contribution in [-0.4, -0.2) is 69.4 Å². The van der Waals surface area contributed by atoms with Gasteiger partial charge in [0.2, 0.25) is 20.0 Å². The van der Waals surface area contributed by atoms with E-state index in [0.717, 1.165) is 63.6 Å². The zero-order chi connectivity index (χ0) is 34.6. The van der Waals surface area contributed by atoms with Crippen LogP contribution in [0.4, 0.5) is 5.82 Å². The first-order valence-corrected chi connectivity index (χ1v) is 20.5. The third-order valence-corrected chi connectivity index (χ3v) is 13.4. The topological polar surface area (TPSA) is 137 Å². The summed E-state index contributed by atoms with van der Waals surface area (Å²) in [6, 6.07) is 7.62. The fourth-order valence-corrected chi connectivity index (χ4v) is 9.95. The Morgan fingerprint density at radius 3 is 2.00 bits per heavy atom. The summed E-state index contributed by atoms with van der Waals surface area (Å²) in [5.74, 6) is 0.653. The molecule has 13 heteroatoms. The number of carboxylic acids is 1. The van der Waals surface area contributed by atoms with Crippen molar-refractivity contribution in [1.82, 2.24) is 14.0 Å². The van der Waals surface area contributed by atoms with Gasteiger partial charge < -0.3 is 10.0 Å². The summed E-state index contributed by atoms with van der Waals surface area (Å²) in [6.07, 6.45) is 8.71. The van der Waals surface area contributed by atoms with Crippen LogP contribution in [0, 0.1) is 17.8 Å². The first kappa shape index (κ1) is 37.8. The molecular formula is C34H51BrN4O6S2. The van der Waals surface area contributed by atoms with Gasteiger partial charge in [0.15, 0.2) is 0 Å². The summed E-state index contributed by atoms with van der Waals surface area (Å²) in [4.78, 5) is 18.5. The predicted octanol–water partition coefficient (Wildman–Crippen LogP) is 6.41. The average Bonchev–Trinajstić information content (AvgIpc) is 3.00. The molecule has 0 radical (unpaired) electrons. The van der Waals surface area contributed by atoms with E-state index >= 15 is 0 Å². The molecule has 0 spiro atoms. The van der Waals surface area contributed by atoms with E-state index in [2.05, 4.69) is 51.3 Å². The minimum absolute atomic E-state index is 0.0150. The Morgan fingerprint density at radius 1 is 0.957 bits per heavy atom. The van der Waals surface area contributed by atoms with Gasteiger partial charge in [-0.15, -0.1) is 0 Å². The lowest BCUT2D eigenvalue weighted by Gasteiger charge is -2.34. The van der Waals surface area contributed by atoms with E-state index in [4.69, 9.17) is 0 Å². The van der Waals surface area contributed by atoms with Crippen LogP contribution >= 0.6 is 15.9 Å². The summed E-state index contributed by atoms with van der Waals surface area (Å²) in [5.41, 5.74) is 1.10. The Morgan fingerprint density at radius 2 is 1.51 bits per heavy atom. The minimum atomic E-state index is -4.05. The van der Waals surface area contributed by atoms with E-state index in [-0.39, 0.29) is 22.6 Å². The molecule has 1 aromatic heterocycles. The van der Waals surface area contributed by atoms with Crippen LogP contribution in [0.2, 0.25) is 0 Å². The van der Waals surface area contributed by atoms with Gasteiger partial charge in [-0.25, -0.2) is 21.8 Å². The predicted molar refractivity (Wildman–Crippen MR) is 189 cm³/mol. The van der Waals surface area contributed by atoms with Gasteiger partial charge in [-0.2, -0.15) is 9.03 Å². The monoisotopic (exact) mass is 754 g/mol. The SMILES string of the molecule is CC(C)CC(NS(=O)(=O)c1cnc(N2CCC(CCCC3CCN(S(=O)(=O)c4ccc(C(C)(C)C)cc4)CC3)CC2)c(Br)c1)C(=O)O. The fraction of sp³-hybridized carbons (Fsp3) is 0.647. The standard InChI is InChI=1S/C34H51BrN4O6S2/c1-24(2)21-31(33(40)41)37-46(42,43)29-22-30(35)32(36-23-29)38-17-13-25(14-18-38)7-6-8-26-15-19-39(20-16-26)47(44,45)28-11-9-27(10-12-28)34(3,4)5/h9-12,22-26,31,37H,6-8,13-21H2,1-5H3,(H,40,41). The van der Waals surface area contributed by atoms with Crippen molar-refractivity contribution in [3.05, 3.63) is 46.6 Å². The molecular weight excluding hydrogens is 704 g/mol. The lowest BCUT2D eigenvalue weighted by atomic mass is 9.87. The van der Waals surface area contributed by atoms with Crippen LogP contribution in [0.1, 0.15) is 91.5 Å². The van der Waals surface area contributed by atoms with Crippen LogP contribution < -0.4 is 9.62 Å². The zero-order valence-electron chi connectivity index (χ0n) is 28.3. The average molecular weight is 756 g/mol. The quantitative estimate of drug-likeness (QED) is 0.240. The Labute approximate surface area is 290 Å². The Bertz CT molecular complexity index is 1580. The molecule has 262 valence electrons. The van der Waals surface area contributed by atoms with Crippen molar-refractivity contribution in [2.45, 2.75) is 107 Å². The van der Waals surface area contributed by atoms with Crippen LogP contribution in [-0.2, 0) is 30.3 Å². The maximum absolute atomic E-state index is 13.2. The Balaban J connectivity index is 1.21. The number of benzene rings is 1. The number of anilines is 1. The summed E-state index contributed by atoms with van der Waals surface area (Å²) in [6.45, 7) is 12.8. The van der Waals surface area contributed by atoms with Gasteiger partial charge in [-0.1, -0.05) is 66.0 Å². The molecule has 0 amide bonds. The summed E-state index contributed by atoms with van der Waals surface area (Å²) < 4.78 is 56.8. The number of aromatic nitrogens is 1. The van der Waals surface area contributed by atoms with Gasteiger partial charge in [0, 0.05) is 32.4 Å².